The van der Waals surface area contributed by atoms with Gasteiger partial charge in [0.25, 0.3) is 0 Å². The van der Waals surface area contributed by atoms with Gasteiger partial charge in [-0.3, -0.25) is 0 Å². The normalized spacial score (nSPS) is 10.7. The molecule has 0 bridgehead atoms. The number of hydrogen-bond acceptors (Lipinski definition) is 6. The van der Waals surface area contributed by atoms with Crippen molar-refractivity contribution in [2.75, 3.05) is 17.7 Å². The minimum atomic E-state index is 0.124. The number of aliphatic hydroxyl groups excluding tert-OH is 1. The number of nitrogen functional groups attached to an aromatic ring is 1. The standard InChI is InChI=1S/C18H18ClN5O/c1-11-2-5-13(19)10-15(11)16-22-17(20)24-18(23-16)21-14-6-3-12(4-7-14)8-9-25/h2-7,10,25H,8-9H2,1H3,(H3,20,21,22,23,24). The number of benzene rings is 2. The molecule has 0 unspecified atom stereocenters. The van der Waals surface area contributed by atoms with Crippen LogP contribution in [0.15, 0.2) is 42.5 Å². The number of nitrogens with one attached hydrogen (secondary N) is 1. The third-order valence-corrected chi connectivity index (χ3v) is 3.94. The molecule has 4 N–H and O–H groups in total. The highest BCUT2D eigenvalue weighted by atomic mass is 35.5. The molecule has 0 radical (unpaired) electrons. The molecular formula is C18H18ClN5O. The van der Waals surface area contributed by atoms with Gasteiger partial charge >= 0.3 is 0 Å². The number of hydrogen-bond donors (Lipinski definition) is 3. The first-order valence-electron chi connectivity index (χ1n) is 7.80. The molecule has 0 atom stereocenters. The second kappa shape index (κ2) is 7.46. The van der Waals surface area contributed by atoms with Crippen LogP contribution in [0, 0.1) is 6.92 Å². The zero-order valence-electron chi connectivity index (χ0n) is 13.7. The summed E-state index contributed by atoms with van der Waals surface area (Å²) < 4.78 is 0. The Balaban J connectivity index is 1.90. The highest BCUT2D eigenvalue weighted by Crippen LogP contribution is 2.25. The predicted molar refractivity (Wildman–Crippen MR) is 99.9 cm³/mol. The van der Waals surface area contributed by atoms with E-state index in [1.54, 1.807) is 6.07 Å². The van der Waals surface area contributed by atoms with E-state index in [1.807, 2.05) is 43.3 Å². The monoisotopic (exact) mass is 355 g/mol. The quantitative estimate of drug-likeness (QED) is 0.649. The Morgan fingerprint density at radius 2 is 1.84 bits per heavy atom. The topological polar surface area (TPSA) is 97.0 Å². The maximum atomic E-state index is 8.97. The van der Waals surface area contributed by atoms with Crippen molar-refractivity contribution < 1.29 is 5.11 Å². The average Bonchev–Trinajstić information content (AvgIpc) is 2.58. The summed E-state index contributed by atoms with van der Waals surface area (Å²) in [5, 5.41) is 12.7. The zero-order chi connectivity index (χ0) is 17.8. The number of aryl methyl sites for hydroxylation is 1. The van der Waals surface area contributed by atoms with Crippen molar-refractivity contribution in [1.82, 2.24) is 15.0 Å². The van der Waals surface area contributed by atoms with Crippen LogP contribution in [0.3, 0.4) is 0 Å². The molecule has 6 nitrogen and oxygen atoms in total. The van der Waals surface area contributed by atoms with E-state index in [-0.39, 0.29) is 12.6 Å². The van der Waals surface area contributed by atoms with Crippen LogP contribution in [-0.4, -0.2) is 26.7 Å². The van der Waals surface area contributed by atoms with Gasteiger partial charge in [-0.15, -0.1) is 0 Å². The SMILES string of the molecule is Cc1ccc(Cl)cc1-c1nc(N)nc(Nc2ccc(CCO)cc2)n1. The van der Waals surface area contributed by atoms with Crippen molar-refractivity contribution in [2.45, 2.75) is 13.3 Å². The van der Waals surface area contributed by atoms with Crippen molar-refractivity contribution in [3.05, 3.63) is 58.6 Å². The second-order valence-corrected chi connectivity index (χ2v) is 6.03. The van der Waals surface area contributed by atoms with Gasteiger partial charge < -0.3 is 16.2 Å². The second-order valence-electron chi connectivity index (χ2n) is 5.60. The fraction of sp³-hybridized carbons (Fsp3) is 0.167. The van der Waals surface area contributed by atoms with E-state index in [1.165, 1.54) is 0 Å². The van der Waals surface area contributed by atoms with Crippen LogP contribution in [0.5, 0.6) is 0 Å². The number of nitrogens with two attached hydrogens (primary N) is 1. The van der Waals surface area contributed by atoms with Gasteiger partial charge in [-0.25, -0.2) is 0 Å². The summed E-state index contributed by atoms with van der Waals surface area (Å²) in [6.45, 7) is 2.08. The van der Waals surface area contributed by atoms with Crippen LogP contribution in [0.1, 0.15) is 11.1 Å². The first-order valence-corrected chi connectivity index (χ1v) is 8.18. The van der Waals surface area contributed by atoms with Crippen LogP contribution < -0.4 is 11.1 Å². The van der Waals surface area contributed by atoms with Gasteiger partial charge in [0.2, 0.25) is 11.9 Å². The van der Waals surface area contributed by atoms with Gasteiger partial charge in [-0.05, 0) is 48.7 Å². The fourth-order valence-corrected chi connectivity index (χ4v) is 2.59. The van der Waals surface area contributed by atoms with Gasteiger partial charge in [0.1, 0.15) is 0 Å². The molecule has 0 aliphatic rings. The molecule has 0 saturated heterocycles. The molecule has 7 heteroatoms. The molecule has 2 aromatic carbocycles. The lowest BCUT2D eigenvalue weighted by Crippen LogP contribution is -2.05. The first-order chi connectivity index (χ1) is 12.0. The molecule has 3 rings (SSSR count). The maximum Gasteiger partial charge on any atom is 0.232 e. The summed E-state index contributed by atoms with van der Waals surface area (Å²) >= 11 is 6.08. The van der Waals surface area contributed by atoms with E-state index in [0.717, 1.165) is 22.4 Å². The number of aliphatic hydroxyl groups is 1. The van der Waals surface area contributed by atoms with E-state index in [0.29, 0.717) is 23.2 Å². The van der Waals surface area contributed by atoms with E-state index in [4.69, 9.17) is 22.4 Å². The Labute approximate surface area is 150 Å². The van der Waals surface area contributed by atoms with Crippen molar-refractivity contribution in [3.8, 4) is 11.4 Å². The maximum absolute atomic E-state index is 8.97. The molecule has 128 valence electrons. The summed E-state index contributed by atoms with van der Waals surface area (Å²) in [5.74, 6) is 0.951. The summed E-state index contributed by atoms with van der Waals surface area (Å²) in [5.41, 5.74) is 9.52. The molecule has 1 heterocycles. The Morgan fingerprint density at radius 3 is 2.56 bits per heavy atom. The van der Waals surface area contributed by atoms with E-state index < -0.39 is 0 Å². The molecule has 0 spiro atoms. The Hall–Kier alpha value is -2.70. The highest BCUT2D eigenvalue weighted by molar-refractivity contribution is 6.30. The summed E-state index contributed by atoms with van der Waals surface area (Å²) in [6.07, 6.45) is 0.622. The van der Waals surface area contributed by atoms with E-state index >= 15 is 0 Å². The largest absolute Gasteiger partial charge is 0.396 e. The van der Waals surface area contributed by atoms with Crippen LogP contribution >= 0.6 is 11.6 Å². The summed E-state index contributed by atoms with van der Waals surface area (Å²) in [6, 6.07) is 13.2. The molecular weight excluding hydrogens is 338 g/mol. The van der Waals surface area contributed by atoms with Gasteiger partial charge in [0, 0.05) is 22.9 Å². The molecule has 0 fully saturated rings. The van der Waals surface area contributed by atoms with Gasteiger partial charge in [-0.2, -0.15) is 15.0 Å². The molecule has 25 heavy (non-hydrogen) atoms. The molecule has 0 amide bonds. The zero-order valence-corrected chi connectivity index (χ0v) is 14.5. The minimum Gasteiger partial charge on any atom is -0.396 e. The molecule has 1 aromatic heterocycles. The molecule has 0 saturated carbocycles. The van der Waals surface area contributed by atoms with Crippen LogP contribution in [0.2, 0.25) is 5.02 Å². The lowest BCUT2D eigenvalue weighted by molar-refractivity contribution is 0.299. The smallest absolute Gasteiger partial charge is 0.232 e. The van der Waals surface area contributed by atoms with Crippen LogP contribution in [0.25, 0.3) is 11.4 Å². The van der Waals surface area contributed by atoms with Crippen LogP contribution in [0.4, 0.5) is 17.6 Å². The highest BCUT2D eigenvalue weighted by Gasteiger charge is 2.10. The Morgan fingerprint density at radius 1 is 1.08 bits per heavy atom. The van der Waals surface area contributed by atoms with E-state index in [2.05, 4.69) is 20.3 Å². The third-order valence-electron chi connectivity index (χ3n) is 3.70. The number of nitrogens with zero attached hydrogens (tertiary/aromatic N) is 3. The van der Waals surface area contributed by atoms with Crippen LogP contribution in [-0.2, 0) is 6.42 Å². The molecule has 3 aromatic rings. The lowest BCUT2D eigenvalue weighted by atomic mass is 10.1. The van der Waals surface area contributed by atoms with Crippen molar-refractivity contribution >= 4 is 29.2 Å². The van der Waals surface area contributed by atoms with Crippen molar-refractivity contribution in [3.63, 3.8) is 0 Å². The number of halogens is 1. The summed E-state index contributed by atoms with van der Waals surface area (Å²) in [7, 11) is 0. The minimum absolute atomic E-state index is 0.124. The van der Waals surface area contributed by atoms with Gasteiger partial charge in [-0.1, -0.05) is 29.8 Å². The first kappa shape index (κ1) is 17.1. The number of anilines is 3. The number of rotatable bonds is 5. The van der Waals surface area contributed by atoms with Crippen molar-refractivity contribution in [2.24, 2.45) is 0 Å². The summed E-state index contributed by atoms with van der Waals surface area (Å²) in [4.78, 5) is 12.8. The van der Waals surface area contributed by atoms with E-state index in [9.17, 15) is 0 Å². The third kappa shape index (κ3) is 4.23. The molecule has 0 aliphatic heterocycles. The van der Waals surface area contributed by atoms with Gasteiger partial charge in [0.05, 0.1) is 0 Å². The lowest BCUT2D eigenvalue weighted by Gasteiger charge is -2.10. The Kier molecular flexibility index (Phi) is 5.11. The van der Waals surface area contributed by atoms with Crippen molar-refractivity contribution in [1.29, 1.82) is 0 Å². The molecule has 0 aliphatic carbocycles. The Bertz CT molecular complexity index is 883. The number of aromatic nitrogens is 3. The predicted octanol–water partition coefficient (Wildman–Crippen LogP) is 3.36. The fourth-order valence-electron chi connectivity index (χ4n) is 2.42. The average molecular weight is 356 g/mol. The van der Waals surface area contributed by atoms with Gasteiger partial charge in [0.15, 0.2) is 5.82 Å².